The number of Topliss-reactive ketones (excluding diaryl/α,β-unsaturated/α-hetero) is 1. The summed E-state index contributed by atoms with van der Waals surface area (Å²) in [5, 5.41) is 24.4. The highest BCUT2D eigenvalue weighted by Crippen LogP contribution is 2.33. The van der Waals surface area contributed by atoms with E-state index in [1.807, 2.05) is 6.92 Å². The number of ether oxygens (including phenoxy) is 1. The summed E-state index contributed by atoms with van der Waals surface area (Å²) in [6, 6.07) is 10.8. The highest BCUT2D eigenvalue weighted by atomic mass is 19.1. The largest absolute Gasteiger partial charge is 0.481 e. The van der Waals surface area contributed by atoms with Crippen LogP contribution in [-0.4, -0.2) is 51.3 Å². The zero-order chi connectivity index (χ0) is 24.9. The number of hydrogen-bond acceptors (Lipinski definition) is 8. The minimum absolute atomic E-state index is 0.133. The zero-order valence-corrected chi connectivity index (χ0v) is 19.1. The lowest BCUT2D eigenvalue weighted by molar-refractivity contribution is 0.0799. The Labute approximate surface area is 200 Å². The molecular weight excluding hydrogens is 457 g/mol. The molecule has 0 saturated heterocycles. The summed E-state index contributed by atoms with van der Waals surface area (Å²) in [7, 11) is 0. The van der Waals surface area contributed by atoms with Crippen LogP contribution in [0.15, 0.2) is 47.0 Å². The second-order valence-electron chi connectivity index (χ2n) is 8.37. The maximum atomic E-state index is 14.5. The normalized spacial score (nSPS) is 14.9. The second-order valence-corrected chi connectivity index (χ2v) is 8.37. The monoisotopic (exact) mass is 483 g/mol. The van der Waals surface area contributed by atoms with Gasteiger partial charge in [-0.05, 0) is 55.7 Å². The predicted molar refractivity (Wildman–Crippen MR) is 122 cm³/mol. The van der Waals surface area contributed by atoms with E-state index in [0.29, 0.717) is 23.3 Å². The number of rotatable bonds is 11. The Morgan fingerprint density at radius 1 is 1.23 bits per heavy atom. The number of nitrogens with zero attached hydrogens (tertiary/aromatic N) is 2. The van der Waals surface area contributed by atoms with Crippen molar-refractivity contribution in [1.82, 2.24) is 15.5 Å². The van der Waals surface area contributed by atoms with Crippen molar-refractivity contribution in [3.05, 3.63) is 65.3 Å². The van der Waals surface area contributed by atoms with Gasteiger partial charge in [0.1, 0.15) is 11.6 Å². The molecule has 1 aliphatic carbocycles. The van der Waals surface area contributed by atoms with Crippen molar-refractivity contribution in [3.8, 4) is 17.1 Å². The first-order valence-electron chi connectivity index (χ1n) is 11.4. The third-order valence-electron chi connectivity index (χ3n) is 5.63. The van der Waals surface area contributed by atoms with Crippen molar-refractivity contribution < 1.29 is 33.5 Å². The summed E-state index contributed by atoms with van der Waals surface area (Å²) in [6.07, 6.45) is 0.744. The Bertz CT molecular complexity index is 1190. The van der Waals surface area contributed by atoms with Gasteiger partial charge in [0.05, 0.1) is 18.3 Å². The van der Waals surface area contributed by atoms with Crippen LogP contribution in [0.5, 0.6) is 5.75 Å². The molecule has 1 saturated carbocycles. The summed E-state index contributed by atoms with van der Waals surface area (Å²) < 4.78 is 25.9. The molecule has 35 heavy (non-hydrogen) atoms. The summed E-state index contributed by atoms with van der Waals surface area (Å²) >= 11 is 0. The van der Waals surface area contributed by atoms with Gasteiger partial charge in [0, 0.05) is 23.6 Å². The van der Waals surface area contributed by atoms with Crippen molar-refractivity contribution in [2.24, 2.45) is 5.92 Å². The van der Waals surface area contributed by atoms with Crippen LogP contribution in [0.1, 0.15) is 58.9 Å². The van der Waals surface area contributed by atoms with Gasteiger partial charge in [0.15, 0.2) is 11.9 Å². The molecule has 0 aliphatic heterocycles. The lowest BCUT2D eigenvalue weighted by atomic mass is 10.1. The van der Waals surface area contributed by atoms with Crippen molar-refractivity contribution in [2.75, 3.05) is 13.2 Å². The lowest BCUT2D eigenvalue weighted by Gasteiger charge is -2.13. The van der Waals surface area contributed by atoms with E-state index in [2.05, 4.69) is 15.5 Å². The van der Waals surface area contributed by atoms with Crippen LogP contribution in [0.3, 0.4) is 0 Å². The third kappa shape index (κ3) is 5.90. The fraction of sp³-hybridized carbons (Fsp3) is 0.360. The number of aromatic nitrogens is 2. The van der Waals surface area contributed by atoms with E-state index in [-0.39, 0.29) is 35.5 Å². The van der Waals surface area contributed by atoms with E-state index in [1.54, 1.807) is 24.3 Å². The second kappa shape index (κ2) is 10.7. The van der Waals surface area contributed by atoms with Crippen molar-refractivity contribution >= 4 is 11.7 Å². The third-order valence-corrected chi connectivity index (χ3v) is 5.63. The molecule has 1 amide bonds. The van der Waals surface area contributed by atoms with Gasteiger partial charge in [-0.15, -0.1) is 0 Å². The molecule has 3 aromatic rings. The molecule has 0 unspecified atom stereocenters. The maximum Gasteiger partial charge on any atom is 0.268 e. The zero-order valence-electron chi connectivity index (χ0n) is 19.1. The molecule has 1 heterocycles. The number of aliphatic hydroxyl groups excluding tert-OH is 2. The van der Waals surface area contributed by atoms with Gasteiger partial charge in [-0.2, -0.15) is 4.98 Å². The average Bonchev–Trinajstić information content (AvgIpc) is 3.61. The first kappa shape index (κ1) is 24.5. The van der Waals surface area contributed by atoms with Crippen LogP contribution >= 0.6 is 0 Å². The fourth-order valence-corrected chi connectivity index (χ4v) is 3.44. The topological polar surface area (TPSA) is 135 Å². The first-order valence-corrected chi connectivity index (χ1v) is 11.4. The highest BCUT2D eigenvalue weighted by Gasteiger charge is 2.30. The molecule has 1 aromatic heterocycles. The number of amides is 1. The van der Waals surface area contributed by atoms with Crippen molar-refractivity contribution in [2.45, 2.75) is 38.4 Å². The Morgan fingerprint density at radius 3 is 2.60 bits per heavy atom. The number of halogens is 1. The molecule has 1 fully saturated rings. The number of aliphatic hydroxyl groups is 2. The minimum atomic E-state index is -1.13. The van der Waals surface area contributed by atoms with Gasteiger partial charge in [-0.25, -0.2) is 4.39 Å². The summed E-state index contributed by atoms with van der Waals surface area (Å²) in [4.78, 5) is 28.6. The Morgan fingerprint density at radius 2 is 1.97 bits per heavy atom. The van der Waals surface area contributed by atoms with Crippen LogP contribution in [0.25, 0.3) is 11.4 Å². The van der Waals surface area contributed by atoms with Gasteiger partial charge in [-0.3, -0.25) is 9.59 Å². The van der Waals surface area contributed by atoms with Gasteiger partial charge >= 0.3 is 0 Å². The van der Waals surface area contributed by atoms with E-state index < -0.39 is 30.5 Å². The van der Waals surface area contributed by atoms with Crippen molar-refractivity contribution in [3.63, 3.8) is 0 Å². The van der Waals surface area contributed by atoms with E-state index in [9.17, 15) is 19.1 Å². The number of carbonyl (C=O) groups is 2. The summed E-state index contributed by atoms with van der Waals surface area (Å²) in [6.45, 7) is 1.17. The van der Waals surface area contributed by atoms with Crippen LogP contribution in [0, 0.1) is 11.7 Å². The molecular formula is C25H26FN3O6. The summed E-state index contributed by atoms with van der Waals surface area (Å²) in [5.74, 6) is -0.321. The molecule has 184 valence electrons. The number of hydrogen-bond donors (Lipinski definition) is 3. The fourth-order valence-electron chi connectivity index (χ4n) is 3.44. The van der Waals surface area contributed by atoms with E-state index in [0.717, 1.165) is 18.9 Å². The molecule has 10 heteroatoms. The predicted octanol–water partition coefficient (Wildman–Crippen LogP) is 3.08. The van der Waals surface area contributed by atoms with Gasteiger partial charge < -0.3 is 24.8 Å². The molecule has 2 atom stereocenters. The number of carbonyl (C=O) groups excluding carboxylic acids is 2. The van der Waals surface area contributed by atoms with Crippen LogP contribution < -0.4 is 10.1 Å². The SMILES string of the molecule is CC[C@@H](Oc1ccc(C(=O)C2CC2)cc1)c1nc(-c2ccc(C(=O)NC[C@@H](O)CO)c(F)c2)no1. The molecule has 3 N–H and O–H groups in total. The van der Waals surface area contributed by atoms with Crippen LogP contribution in [0.4, 0.5) is 4.39 Å². The van der Waals surface area contributed by atoms with Gasteiger partial charge in [-0.1, -0.05) is 18.1 Å². The lowest BCUT2D eigenvalue weighted by Crippen LogP contribution is -2.34. The first-order chi connectivity index (χ1) is 16.9. The average molecular weight is 483 g/mol. The smallest absolute Gasteiger partial charge is 0.268 e. The van der Waals surface area contributed by atoms with Crippen molar-refractivity contribution in [1.29, 1.82) is 0 Å². The quantitative estimate of drug-likeness (QED) is 0.354. The number of ketones is 1. The molecule has 0 spiro atoms. The minimum Gasteiger partial charge on any atom is -0.481 e. The molecule has 0 bridgehead atoms. The van der Waals surface area contributed by atoms with Crippen LogP contribution in [0.2, 0.25) is 0 Å². The van der Waals surface area contributed by atoms with Gasteiger partial charge in [0.25, 0.3) is 11.8 Å². The summed E-state index contributed by atoms with van der Waals surface area (Å²) in [5.41, 5.74) is 0.750. The Balaban J connectivity index is 1.43. The Kier molecular flexibility index (Phi) is 7.52. The highest BCUT2D eigenvalue weighted by molar-refractivity contribution is 5.99. The number of nitrogens with one attached hydrogen (secondary N) is 1. The molecule has 1 aliphatic rings. The Hall–Kier alpha value is -3.63. The van der Waals surface area contributed by atoms with Crippen LogP contribution in [-0.2, 0) is 0 Å². The molecule has 9 nitrogen and oxygen atoms in total. The van der Waals surface area contributed by atoms with E-state index >= 15 is 0 Å². The van der Waals surface area contributed by atoms with E-state index in [1.165, 1.54) is 12.1 Å². The molecule has 0 radical (unpaired) electrons. The number of benzene rings is 2. The maximum absolute atomic E-state index is 14.5. The molecule has 2 aromatic carbocycles. The standard InChI is InChI=1S/C25H26FN3O6/c1-2-21(34-18-8-5-15(6-9-18)22(32)14-3-4-14)25-28-23(29-35-25)16-7-10-19(20(26)11-16)24(33)27-12-17(31)13-30/h5-11,14,17,21,30-31H,2-4,12-13H2,1H3,(H,27,33)/t17-,21-/m1/s1. The van der Waals surface area contributed by atoms with E-state index in [4.69, 9.17) is 14.4 Å². The van der Waals surface area contributed by atoms with Gasteiger partial charge in [0.2, 0.25) is 5.82 Å². The molecule has 4 rings (SSSR count).